The molecule has 29 heavy (non-hydrogen) atoms. The molecule has 1 aliphatic heterocycles. The van der Waals surface area contributed by atoms with E-state index in [9.17, 15) is 5.11 Å². The molecule has 4 aromatic rings. The average molecular weight is 454 g/mol. The summed E-state index contributed by atoms with van der Waals surface area (Å²) in [5.74, 6) is 1.92. The summed E-state index contributed by atoms with van der Waals surface area (Å²) in [4.78, 5) is 16.0. The highest BCUT2D eigenvalue weighted by molar-refractivity contribution is 9.10. The minimum atomic E-state index is 0.0565. The number of anilines is 3. The van der Waals surface area contributed by atoms with Gasteiger partial charge in [0.1, 0.15) is 12.0 Å². The average Bonchev–Trinajstić information content (AvgIpc) is 3.47. The molecule has 1 aromatic carbocycles. The van der Waals surface area contributed by atoms with Crippen LogP contribution in [0.4, 0.5) is 17.7 Å². The van der Waals surface area contributed by atoms with Crippen molar-refractivity contribution in [3.63, 3.8) is 0 Å². The van der Waals surface area contributed by atoms with E-state index in [0.29, 0.717) is 17.7 Å². The van der Waals surface area contributed by atoms with E-state index in [-0.39, 0.29) is 12.6 Å². The van der Waals surface area contributed by atoms with Gasteiger partial charge >= 0.3 is 0 Å². The zero-order valence-electron chi connectivity index (χ0n) is 15.6. The maximum absolute atomic E-state index is 9.69. The molecule has 0 unspecified atom stereocenters. The van der Waals surface area contributed by atoms with Crippen molar-refractivity contribution in [3.05, 3.63) is 59.6 Å². The van der Waals surface area contributed by atoms with Crippen molar-refractivity contribution in [2.75, 3.05) is 23.4 Å². The van der Waals surface area contributed by atoms with Crippen molar-refractivity contribution in [2.45, 2.75) is 18.9 Å². The Morgan fingerprint density at radius 3 is 2.86 bits per heavy atom. The lowest BCUT2D eigenvalue weighted by Gasteiger charge is -2.23. The second-order valence-corrected chi connectivity index (χ2v) is 7.95. The summed E-state index contributed by atoms with van der Waals surface area (Å²) in [6.45, 7) is 0.939. The number of benzene rings is 1. The smallest absolute Gasteiger partial charge is 0.230 e. The number of hydrogen-bond acceptors (Lipinski definition) is 6. The Balaban J connectivity index is 1.51. The number of rotatable bonds is 5. The Morgan fingerprint density at radius 2 is 2.03 bits per heavy atom. The molecule has 5 rings (SSSR count). The molecule has 2 N–H and O–H groups in total. The maximum Gasteiger partial charge on any atom is 0.230 e. The monoisotopic (exact) mass is 453 g/mol. The van der Waals surface area contributed by atoms with Gasteiger partial charge in [0.05, 0.1) is 18.8 Å². The standard InChI is InChI=1S/C20H20BrN7O/c21-14-9-18-24-20(27-8-4-7-16(27)12-29)25-19(28(18)10-14)23-17-11-26(13-22-17)15-5-2-1-3-6-15/h1-3,5-6,9-11,13,16,29H,4,7-8,12H2,(H,23,24,25)/t16-/m0/s1. The number of hydrogen-bond donors (Lipinski definition) is 2. The molecule has 1 saturated heterocycles. The van der Waals surface area contributed by atoms with Crippen LogP contribution in [-0.4, -0.2) is 48.2 Å². The van der Waals surface area contributed by atoms with Crippen molar-refractivity contribution < 1.29 is 5.11 Å². The Labute approximate surface area is 176 Å². The van der Waals surface area contributed by atoms with Crippen LogP contribution in [0.5, 0.6) is 0 Å². The van der Waals surface area contributed by atoms with Crippen LogP contribution in [0, 0.1) is 0 Å². The highest BCUT2D eigenvalue weighted by atomic mass is 79.9. The normalized spacial score (nSPS) is 16.6. The molecule has 1 fully saturated rings. The largest absolute Gasteiger partial charge is 0.394 e. The summed E-state index contributed by atoms with van der Waals surface area (Å²) >= 11 is 3.52. The van der Waals surface area contributed by atoms with Gasteiger partial charge in [-0.3, -0.25) is 4.40 Å². The number of aliphatic hydroxyl groups excluding tert-OH is 1. The Bertz CT molecular complexity index is 1140. The third-order valence-electron chi connectivity index (χ3n) is 5.14. The second kappa shape index (κ2) is 7.49. The van der Waals surface area contributed by atoms with Gasteiger partial charge in [-0.05, 0) is 47.0 Å². The van der Waals surface area contributed by atoms with Crippen LogP contribution in [-0.2, 0) is 0 Å². The quantitative estimate of drug-likeness (QED) is 0.481. The first-order valence-corrected chi connectivity index (χ1v) is 10.3. The molecule has 0 saturated carbocycles. The summed E-state index contributed by atoms with van der Waals surface area (Å²) in [5, 5.41) is 13.0. The number of halogens is 1. The molecular formula is C20H20BrN7O. The van der Waals surface area contributed by atoms with Gasteiger partial charge in [0.25, 0.3) is 0 Å². The van der Waals surface area contributed by atoms with Gasteiger partial charge in [-0.1, -0.05) is 18.2 Å². The topological polar surface area (TPSA) is 83.5 Å². The number of imidazole rings is 1. The lowest BCUT2D eigenvalue weighted by molar-refractivity contribution is 0.265. The summed E-state index contributed by atoms with van der Waals surface area (Å²) in [7, 11) is 0. The fraction of sp³-hybridized carbons (Fsp3) is 0.250. The van der Waals surface area contributed by atoms with E-state index in [1.807, 2.05) is 57.8 Å². The number of para-hydroxylation sites is 1. The van der Waals surface area contributed by atoms with E-state index in [0.717, 1.165) is 35.2 Å². The summed E-state index contributed by atoms with van der Waals surface area (Å²) < 4.78 is 4.76. The van der Waals surface area contributed by atoms with Gasteiger partial charge in [0, 0.05) is 22.9 Å². The van der Waals surface area contributed by atoms with E-state index < -0.39 is 0 Å². The summed E-state index contributed by atoms with van der Waals surface area (Å²) in [6, 6.07) is 12.0. The van der Waals surface area contributed by atoms with Crippen LogP contribution in [0.15, 0.2) is 59.6 Å². The number of aliphatic hydroxyl groups is 1. The minimum absolute atomic E-state index is 0.0565. The predicted octanol–water partition coefficient (Wildman–Crippen LogP) is 3.38. The van der Waals surface area contributed by atoms with Gasteiger partial charge in [0.2, 0.25) is 11.9 Å². The molecule has 0 radical (unpaired) electrons. The van der Waals surface area contributed by atoms with Gasteiger partial charge in [-0.2, -0.15) is 9.97 Å². The highest BCUT2D eigenvalue weighted by Gasteiger charge is 2.27. The fourth-order valence-electron chi connectivity index (χ4n) is 3.70. The third kappa shape index (κ3) is 3.47. The number of nitrogens with zero attached hydrogens (tertiary/aromatic N) is 6. The van der Waals surface area contributed by atoms with E-state index in [4.69, 9.17) is 9.97 Å². The first kappa shape index (κ1) is 18.1. The molecule has 148 valence electrons. The Morgan fingerprint density at radius 1 is 1.17 bits per heavy atom. The molecule has 1 atom stereocenters. The SMILES string of the molecule is OC[C@@H]1CCCN1c1nc(Nc2cn(-c3ccccc3)cn2)n2cc(Br)cc2n1. The van der Waals surface area contributed by atoms with Crippen molar-refractivity contribution in [1.82, 2.24) is 23.9 Å². The lowest BCUT2D eigenvalue weighted by Crippen LogP contribution is -2.33. The van der Waals surface area contributed by atoms with Crippen molar-refractivity contribution >= 4 is 39.3 Å². The molecule has 9 heteroatoms. The number of nitrogens with one attached hydrogen (secondary N) is 1. The van der Waals surface area contributed by atoms with Gasteiger partial charge < -0.3 is 19.9 Å². The predicted molar refractivity (Wildman–Crippen MR) is 115 cm³/mol. The van der Waals surface area contributed by atoms with Gasteiger partial charge in [-0.25, -0.2) is 4.98 Å². The molecule has 3 aromatic heterocycles. The van der Waals surface area contributed by atoms with Crippen LogP contribution < -0.4 is 10.2 Å². The zero-order chi connectivity index (χ0) is 19.8. The van der Waals surface area contributed by atoms with Crippen molar-refractivity contribution in [1.29, 1.82) is 0 Å². The van der Waals surface area contributed by atoms with E-state index in [1.54, 1.807) is 6.33 Å². The third-order valence-corrected chi connectivity index (χ3v) is 5.57. The lowest BCUT2D eigenvalue weighted by atomic mass is 10.2. The molecule has 0 amide bonds. The number of aromatic nitrogens is 5. The van der Waals surface area contributed by atoms with Crippen LogP contribution in [0.2, 0.25) is 0 Å². The van der Waals surface area contributed by atoms with Crippen LogP contribution in [0.1, 0.15) is 12.8 Å². The van der Waals surface area contributed by atoms with Crippen LogP contribution in [0.25, 0.3) is 11.3 Å². The van der Waals surface area contributed by atoms with E-state index >= 15 is 0 Å². The fourth-order valence-corrected chi connectivity index (χ4v) is 4.11. The van der Waals surface area contributed by atoms with Crippen LogP contribution >= 0.6 is 15.9 Å². The van der Waals surface area contributed by atoms with Gasteiger partial charge in [0.15, 0.2) is 5.82 Å². The molecule has 1 aliphatic rings. The highest BCUT2D eigenvalue weighted by Crippen LogP contribution is 2.27. The van der Waals surface area contributed by atoms with Crippen molar-refractivity contribution in [3.8, 4) is 5.69 Å². The van der Waals surface area contributed by atoms with Crippen molar-refractivity contribution in [2.24, 2.45) is 0 Å². The molecule has 4 heterocycles. The summed E-state index contributed by atoms with van der Waals surface area (Å²) in [5.41, 5.74) is 1.81. The number of fused-ring (bicyclic) bond motifs is 1. The Hall–Kier alpha value is -2.91. The molecule has 0 bridgehead atoms. The first-order chi connectivity index (χ1) is 14.2. The maximum atomic E-state index is 9.69. The molecular weight excluding hydrogens is 434 g/mol. The van der Waals surface area contributed by atoms with Crippen LogP contribution in [0.3, 0.4) is 0 Å². The van der Waals surface area contributed by atoms with Gasteiger partial charge in [-0.15, -0.1) is 0 Å². The molecule has 0 spiro atoms. The minimum Gasteiger partial charge on any atom is -0.394 e. The second-order valence-electron chi connectivity index (χ2n) is 7.03. The Kier molecular flexibility index (Phi) is 4.69. The summed E-state index contributed by atoms with van der Waals surface area (Å²) in [6.07, 6.45) is 7.58. The van der Waals surface area contributed by atoms with E-state index in [1.165, 1.54) is 0 Å². The zero-order valence-corrected chi connectivity index (χ0v) is 17.2. The molecule has 0 aliphatic carbocycles. The molecule has 8 nitrogen and oxygen atoms in total. The van der Waals surface area contributed by atoms with E-state index in [2.05, 4.69) is 31.1 Å². The first-order valence-electron chi connectivity index (χ1n) is 9.51.